The summed E-state index contributed by atoms with van der Waals surface area (Å²) in [5.41, 5.74) is 0.703. The van der Waals surface area contributed by atoms with Crippen LogP contribution in [0.4, 0.5) is 5.95 Å². The molecule has 0 bridgehead atoms. The number of pyridine rings is 1. The van der Waals surface area contributed by atoms with Crippen LogP contribution in [0.1, 0.15) is 12.8 Å². The van der Waals surface area contributed by atoms with E-state index >= 15 is 0 Å². The minimum atomic E-state index is -0.112. The Balaban J connectivity index is 1.74. The highest BCUT2D eigenvalue weighted by Crippen LogP contribution is 2.30. The van der Waals surface area contributed by atoms with E-state index < -0.39 is 0 Å². The lowest BCUT2D eigenvalue weighted by atomic mass is 9.81. The molecule has 2 aromatic rings. The third-order valence-electron chi connectivity index (χ3n) is 3.82. The molecular formula is C13H18N4O2. The molecule has 0 unspecified atom stereocenters. The molecule has 6 heteroatoms. The van der Waals surface area contributed by atoms with Gasteiger partial charge >= 0.3 is 0 Å². The Kier molecular flexibility index (Phi) is 3.35. The van der Waals surface area contributed by atoms with Gasteiger partial charge in [0.1, 0.15) is 0 Å². The van der Waals surface area contributed by atoms with Crippen molar-refractivity contribution in [1.82, 2.24) is 14.6 Å². The van der Waals surface area contributed by atoms with Crippen LogP contribution < -0.4 is 5.32 Å². The SMILES string of the molecule is OCC1(CNc2nnc3ccccn23)CCOCC1. The zero-order valence-corrected chi connectivity index (χ0v) is 10.7. The van der Waals surface area contributed by atoms with E-state index in [1.165, 1.54) is 0 Å². The second-order valence-electron chi connectivity index (χ2n) is 5.08. The van der Waals surface area contributed by atoms with E-state index in [0.29, 0.717) is 19.8 Å². The Labute approximate surface area is 111 Å². The number of rotatable bonds is 4. The molecule has 1 aliphatic heterocycles. The van der Waals surface area contributed by atoms with Gasteiger partial charge in [0.25, 0.3) is 0 Å². The van der Waals surface area contributed by atoms with Crippen LogP contribution >= 0.6 is 0 Å². The molecule has 19 heavy (non-hydrogen) atoms. The molecule has 102 valence electrons. The van der Waals surface area contributed by atoms with Crippen molar-refractivity contribution in [1.29, 1.82) is 0 Å². The van der Waals surface area contributed by atoms with E-state index in [2.05, 4.69) is 15.5 Å². The van der Waals surface area contributed by atoms with Crippen molar-refractivity contribution in [2.24, 2.45) is 5.41 Å². The maximum absolute atomic E-state index is 9.65. The van der Waals surface area contributed by atoms with Crippen LogP contribution in [0.25, 0.3) is 5.65 Å². The van der Waals surface area contributed by atoms with E-state index in [1.807, 2.05) is 28.8 Å². The Morgan fingerprint density at radius 3 is 2.95 bits per heavy atom. The Bertz CT molecular complexity index is 548. The molecule has 6 nitrogen and oxygen atoms in total. The molecule has 1 fully saturated rings. The van der Waals surface area contributed by atoms with Gasteiger partial charge in [0, 0.05) is 31.4 Å². The lowest BCUT2D eigenvalue weighted by Gasteiger charge is -2.35. The fraction of sp³-hybridized carbons (Fsp3) is 0.538. The highest BCUT2D eigenvalue weighted by molar-refractivity contribution is 5.44. The highest BCUT2D eigenvalue weighted by Gasteiger charge is 2.32. The number of hydrogen-bond acceptors (Lipinski definition) is 5. The van der Waals surface area contributed by atoms with Crippen LogP contribution in [0, 0.1) is 5.41 Å². The van der Waals surface area contributed by atoms with Gasteiger partial charge in [-0.3, -0.25) is 4.40 Å². The number of fused-ring (bicyclic) bond motifs is 1. The second kappa shape index (κ2) is 5.14. The summed E-state index contributed by atoms with van der Waals surface area (Å²) in [5, 5.41) is 21.2. The van der Waals surface area contributed by atoms with E-state index in [9.17, 15) is 5.11 Å². The molecule has 0 aliphatic carbocycles. The molecule has 2 N–H and O–H groups in total. The fourth-order valence-electron chi connectivity index (χ4n) is 2.42. The molecule has 1 saturated heterocycles. The van der Waals surface area contributed by atoms with E-state index in [4.69, 9.17) is 4.74 Å². The van der Waals surface area contributed by atoms with Crippen molar-refractivity contribution < 1.29 is 9.84 Å². The normalized spacial score (nSPS) is 18.6. The molecule has 3 rings (SSSR count). The number of aliphatic hydroxyl groups excluding tert-OH is 1. The number of ether oxygens (including phenoxy) is 1. The van der Waals surface area contributed by atoms with Gasteiger partial charge in [0.15, 0.2) is 5.65 Å². The van der Waals surface area contributed by atoms with Gasteiger partial charge in [-0.25, -0.2) is 0 Å². The molecule has 0 aromatic carbocycles. The van der Waals surface area contributed by atoms with Crippen LogP contribution in [0.15, 0.2) is 24.4 Å². The Morgan fingerprint density at radius 2 is 2.16 bits per heavy atom. The molecule has 0 amide bonds. The predicted molar refractivity (Wildman–Crippen MR) is 71.0 cm³/mol. The molecule has 0 atom stereocenters. The van der Waals surface area contributed by atoms with Gasteiger partial charge in [-0.1, -0.05) is 6.07 Å². The minimum Gasteiger partial charge on any atom is -0.396 e. The molecule has 2 aromatic heterocycles. The van der Waals surface area contributed by atoms with E-state index in [1.54, 1.807) is 0 Å². The van der Waals surface area contributed by atoms with Gasteiger partial charge in [-0.15, -0.1) is 10.2 Å². The van der Waals surface area contributed by atoms with Crippen molar-refractivity contribution in [3.8, 4) is 0 Å². The molecule has 1 aliphatic rings. The fourth-order valence-corrected chi connectivity index (χ4v) is 2.42. The average molecular weight is 262 g/mol. The molecule has 0 radical (unpaired) electrons. The summed E-state index contributed by atoms with van der Waals surface area (Å²) in [6.45, 7) is 2.27. The summed E-state index contributed by atoms with van der Waals surface area (Å²) < 4.78 is 7.27. The van der Waals surface area contributed by atoms with Crippen molar-refractivity contribution in [2.45, 2.75) is 12.8 Å². The second-order valence-corrected chi connectivity index (χ2v) is 5.08. The quantitative estimate of drug-likeness (QED) is 0.857. The number of nitrogens with zero attached hydrogens (tertiary/aromatic N) is 3. The Morgan fingerprint density at radius 1 is 1.32 bits per heavy atom. The highest BCUT2D eigenvalue weighted by atomic mass is 16.5. The zero-order valence-electron chi connectivity index (χ0n) is 10.7. The van der Waals surface area contributed by atoms with Gasteiger partial charge in [0.2, 0.25) is 5.95 Å². The third kappa shape index (κ3) is 2.41. The standard InChI is InChI=1S/C13H18N4O2/c18-10-13(4-7-19-8-5-13)9-14-12-16-15-11-3-1-2-6-17(11)12/h1-3,6,18H,4-5,7-10H2,(H,14,16). The van der Waals surface area contributed by atoms with Crippen LogP contribution in [0.5, 0.6) is 0 Å². The minimum absolute atomic E-state index is 0.112. The monoisotopic (exact) mass is 262 g/mol. The van der Waals surface area contributed by atoms with Crippen LogP contribution in [-0.2, 0) is 4.74 Å². The zero-order chi connectivity index (χ0) is 13.1. The van der Waals surface area contributed by atoms with E-state index in [0.717, 1.165) is 24.4 Å². The van der Waals surface area contributed by atoms with Crippen LogP contribution in [0.2, 0.25) is 0 Å². The maximum Gasteiger partial charge on any atom is 0.229 e. The first kappa shape index (κ1) is 12.4. The van der Waals surface area contributed by atoms with Crippen molar-refractivity contribution >= 4 is 11.6 Å². The lowest BCUT2D eigenvalue weighted by molar-refractivity contribution is -0.00866. The van der Waals surface area contributed by atoms with Gasteiger partial charge in [-0.05, 0) is 25.0 Å². The van der Waals surface area contributed by atoms with Gasteiger partial charge in [-0.2, -0.15) is 0 Å². The first-order chi connectivity index (χ1) is 9.33. The summed E-state index contributed by atoms with van der Waals surface area (Å²) in [5.74, 6) is 0.718. The molecule has 0 spiro atoms. The molecule has 3 heterocycles. The number of hydrogen-bond donors (Lipinski definition) is 2. The summed E-state index contributed by atoms with van der Waals surface area (Å²) in [4.78, 5) is 0. The average Bonchev–Trinajstić information content (AvgIpc) is 2.89. The largest absolute Gasteiger partial charge is 0.396 e. The third-order valence-corrected chi connectivity index (χ3v) is 3.82. The molecular weight excluding hydrogens is 244 g/mol. The summed E-state index contributed by atoms with van der Waals surface area (Å²) in [6, 6.07) is 5.79. The number of anilines is 1. The van der Waals surface area contributed by atoms with Crippen molar-refractivity contribution in [3.05, 3.63) is 24.4 Å². The number of aliphatic hydroxyl groups is 1. The smallest absolute Gasteiger partial charge is 0.229 e. The van der Waals surface area contributed by atoms with Crippen LogP contribution in [-0.4, -0.2) is 46.1 Å². The van der Waals surface area contributed by atoms with Gasteiger partial charge < -0.3 is 15.2 Å². The maximum atomic E-state index is 9.65. The Hall–Kier alpha value is -1.66. The lowest BCUT2D eigenvalue weighted by Crippen LogP contribution is -2.39. The predicted octanol–water partition coefficient (Wildman–Crippen LogP) is 0.930. The van der Waals surface area contributed by atoms with Crippen LogP contribution in [0.3, 0.4) is 0 Å². The number of aromatic nitrogens is 3. The molecule has 0 saturated carbocycles. The topological polar surface area (TPSA) is 71.7 Å². The first-order valence-electron chi connectivity index (χ1n) is 6.55. The van der Waals surface area contributed by atoms with Crippen molar-refractivity contribution in [2.75, 3.05) is 31.7 Å². The first-order valence-corrected chi connectivity index (χ1v) is 6.55. The van der Waals surface area contributed by atoms with Gasteiger partial charge in [0.05, 0.1) is 6.61 Å². The summed E-state index contributed by atoms with van der Waals surface area (Å²) >= 11 is 0. The number of nitrogens with one attached hydrogen (secondary N) is 1. The summed E-state index contributed by atoms with van der Waals surface area (Å²) in [6.07, 6.45) is 3.66. The van der Waals surface area contributed by atoms with E-state index in [-0.39, 0.29) is 12.0 Å². The summed E-state index contributed by atoms with van der Waals surface area (Å²) in [7, 11) is 0. The van der Waals surface area contributed by atoms with Crippen molar-refractivity contribution in [3.63, 3.8) is 0 Å².